The molecule has 0 spiro atoms. The molecule has 2 aromatic heterocycles. The molecule has 1 unspecified atom stereocenters. The number of nitrogens with zero attached hydrogens (tertiary/aromatic N) is 4. The molecule has 0 saturated carbocycles. The molecule has 9 aromatic rings. The van der Waals surface area contributed by atoms with Crippen LogP contribution in [0.1, 0.15) is 18.2 Å². The Morgan fingerprint density at radius 2 is 1.14 bits per heavy atom. The van der Waals surface area contributed by atoms with Crippen LogP contribution in [-0.2, 0) is 0 Å². The molecule has 0 amide bonds. The third-order valence-electron chi connectivity index (χ3n) is 10.9. The second-order valence-electron chi connectivity index (χ2n) is 14.2. The zero-order chi connectivity index (χ0) is 37.0. The molecular formula is C51H35IN4. The van der Waals surface area contributed by atoms with E-state index in [9.17, 15) is 0 Å². The van der Waals surface area contributed by atoms with Crippen molar-refractivity contribution in [3.05, 3.63) is 211 Å². The van der Waals surface area contributed by atoms with Crippen LogP contribution in [0, 0.1) is 10.7 Å². The van der Waals surface area contributed by atoms with Crippen LogP contribution in [0.2, 0.25) is 0 Å². The fourth-order valence-corrected chi connectivity index (χ4v) is 14.5. The van der Waals surface area contributed by atoms with Gasteiger partial charge in [-0.3, -0.25) is 0 Å². The first kappa shape index (κ1) is 32.9. The Hall–Kier alpha value is -6.44. The summed E-state index contributed by atoms with van der Waals surface area (Å²) in [6.45, 7) is 0. The molecule has 11 rings (SSSR count). The summed E-state index contributed by atoms with van der Waals surface area (Å²) < 4.78 is 6.67. The van der Waals surface area contributed by atoms with Crippen LogP contribution in [0.25, 0.3) is 72.5 Å². The molecular weight excluding hydrogens is 795 g/mol. The van der Waals surface area contributed by atoms with Crippen molar-refractivity contribution in [3.8, 4) is 50.7 Å². The second-order valence-corrected chi connectivity index (χ2v) is 19.4. The molecule has 3 heterocycles. The predicted molar refractivity (Wildman–Crippen MR) is 238 cm³/mol. The zero-order valence-corrected chi connectivity index (χ0v) is 32.6. The van der Waals surface area contributed by atoms with Gasteiger partial charge in [0.1, 0.15) is 0 Å². The van der Waals surface area contributed by atoms with Crippen molar-refractivity contribution >= 4 is 41.6 Å². The van der Waals surface area contributed by atoms with E-state index in [2.05, 4.69) is 181 Å². The van der Waals surface area contributed by atoms with Gasteiger partial charge >= 0.3 is 335 Å². The summed E-state index contributed by atoms with van der Waals surface area (Å²) in [5.41, 5.74) is 10.8. The molecule has 0 radical (unpaired) electrons. The topological polar surface area (TPSA) is 43.6 Å². The van der Waals surface area contributed by atoms with Crippen molar-refractivity contribution in [2.75, 3.05) is 0 Å². The maximum atomic E-state index is 5.24. The number of aromatic nitrogens is 4. The van der Waals surface area contributed by atoms with Crippen molar-refractivity contribution in [1.82, 2.24) is 19.5 Å². The Balaban J connectivity index is 1.05. The fraction of sp³-hybridized carbons (Fsp3) is 0.0392. The van der Waals surface area contributed by atoms with Gasteiger partial charge in [0.25, 0.3) is 0 Å². The van der Waals surface area contributed by atoms with Crippen LogP contribution in [0.3, 0.4) is 0 Å². The van der Waals surface area contributed by atoms with Crippen molar-refractivity contribution in [1.29, 1.82) is 0 Å². The summed E-state index contributed by atoms with van der Waals surface area (Å²) in [5, 5.41) is 2.48. The summed E-state index contributed by atoms with van der Waals surface area (Å²) in [6, 6.07) is 61.8. The first-order chi connectivity index (χ1) is 27.8. The number of hydrogen-bond donors (Lipinski definition) is 0. The first-order valence-electron chi connectivity index (χ1n) is 19.0. The Kier molecular flexibility index (Phi) is 8.06. The molecule has 4 nitrogen and oxygen atoms in total. The van der Waals surface area contributed by atoms with Gasteiger partial charge in [-0.2, -0.15) is 0 Å². The summed E-state index contributed by atoms with van der Waals surface area (Å²) in [4.78, 5) is 15.5. The zero-order valence-electron chi connectivity index (χ0n) is 30.4. The van der Waals surface area contributed by atoms with Gasteiger partial charge in [0.2, 0.25) is 0 Å². The minimum atomic E-state index is -2.04. The Morgan fingerprint density at radius 3 is 1.88 bits per heavy atom. The van der Waals surface area contributed by atoms with E-state index in [0.717, 1.165) is 28.8 Å². The van der Waals surface area contributed by atoms with Gasteiger partial charge < -0.3 is 0 Å². The molecule has 1 aliphatic heterocycles. The number of rotatable bonds is 6. The Morgan fingerprint density at radius 1 is 0.500 bits per heavy atom. The molecule has 56 heavy (non-hydrogen) atoms. The van der Waals surface area contributed by atoms with Crippen LogP contribution in [-0.4, -0.2) is 19.5 Å². The standard InChI is InChI=1S/C51H35IN4/c1-4-14-34(15-5-1)35-24-26-36(27-25-35)37-28-30-40(31-29-37)52-43-22-12-10-20-41(43)47-44(52)32-33-46-48(47)42-21-11-13-23-45(42)56(46)51-54-49(38-16-6-2-7-17-38)53-50(55-51)39-18-8-3-9-19-39/h1-18,20-33,39H,19H2. The van der Waals surface area contributed by atoms with Crippen LogP contribution >= 0.6 is 19.8 Å². The SMILES string of the molecule is C1=CCC(c2nc(-c3ccccc3)nc(-n3c4ccccc4c4c5c(ccc43)I(c3ccc(-c4ccc(-c6ccccc6)cc4)cc3)c3ccccc3-5)n2)C=C1. The van der Waals surface area contributed by atoms with Crippen LogP contribution in [0.5, 0.6) is 0 Å². The molecule has 0 saturated heterocycles. The monoisotopic (exact) mass is 830 g/mol. The summed E-state index contributed by atoms with van der Waals surface area (Å²) >= 11 is -2.04. The Bertz CT molecular complexity index is 2980. The number of halogens is 1. The van der Waals surface area contributed by atoms with Gasteiger partial charge in [-0.1, -0.05) is 0 Å². The van der Waals surface area contributed by atoms with Crippen LogP contribution in [0.4, 0.5) is 0 Å². The molecule has 2 aliphatic rings. The molecule has 7 aromatic carbocycles. The van der Waals surface area contributed by atoms with Crippen LogP contribution in [0.15, 0.2) is 194 Å². The third-order valence-corrected chi connectivity index (χ3v) is 17.0. The first-order valence-corrected chi connectivity index (χ1v) is 22.3. The van der Waals surface area contributed by atoms with Gasteiger partial charge in [-0.25, -0.2) is 0 Å². The van der Waals surface area contributed by atoms with E-state index in [4.69, 9.17) is 15.0 Å². The van der Waals surface area contributed by atoms with E-state index >= 15 is 0 Å². The molecule has 0 N–H and O–H groups in total. The number of para-hydroxylation sites is 1. The van der Waals surface area contributed by atoms with Gasteiger partial charge in [-0.05, 0) is 0 Å². The second kappa shape index (κ2) is 13.7. The van der Waals surface area contributed by atoms with E-state index in [0.29, 0.717) is 11.8 Å². The van der Waals surface area contributed by atoms with Crippen molar-refractivity contribution < 1.29 is 0 Å². The summed E-state index contributed by atoms with van der Waals surface area (Å²) in [5.74, 6) is 2.21. The number of fused-ring (bicyclic) bond motifs is 7. The molecule has 0 bridgehead atoms. The molecule has 0 fully saturated rings. The summed E-state index contributed by atoms with van der Waals surface area (Å²) in [7, 11) is 0. The maximum absolute atomic E-state index is 5.24. The molecule has 1 aliphatic carbocycles. The van der Waals surface area contributed by atoms with E-state index in [1.807, 2.05) is 18.2 Å². The van der Waals surface area contributed by atoms with Gasteiger partial charge in [-0.15, -0.1) is 0 Å². The number of allylic oxidation sites excluding steroid dienone is 4. The van der Waals surface area contributed by atoms with Crippen molar-refractivity contribution in [2.24, 2.45) is 0 Å². The normalized spacial score (nSPS) is 15.0. The van der Waals surface area contributed by atoms with E-state index in [1.165, 1.54) is 54.9 Å². The number of hydrogen-bond acceptors (Lipinski definition) is 3. The fourth-order valence-electron chi connectivity index (χ4n) is 8.23. The average molecular weight is 831 g/mol. The third kappa shape index (κ3) is 5.53. The van der Waals surface area contributed by atoms with Gasteiger partial charge in [0.15, 0.2) is 0 Å². The van der Waals surface area contributed by atoms with E-state index in [-0.39, 0.29) is 5.92 Å². The minimum absolute atomic E-state index is 0.0843. The molecule has 266 valence electrons. The summed E-state index contributed by atoms with van der Waals surface area (Å²) in [6.07, 6.45) is 9.44. The van der Waals surface area contributed by atoms with Crippen molar-refractivity contribution in [2.45, 2.75) is 12.3 Å². The van der Waals surface area contributed by atoms with E-state index < -0.39 is 19.8 Å². The Labute approximate surface area is 333 Å². The van der Waals surface area contributed by atoms with Gasteiger partial charge in [0.05, 0.1) is 0 Å². The van der Waals surface area contributed by atoms with Gasteiger partial charge in [0, 0.05) is 0 Å². The predicted octanol–water partition coefficient (Wildman–Crippen LogP) is 13.0. The quantitative estimate of drug-likeness (QED) is 0.157. The van der Waals surface area contributed by atoms with Crippen LogP contribution < -0.4 is 0 Å². The molecule has 5 heteroatoms. The average Bonchev–Trinajstić information content (AvgIpc) is 3.80. The van der Waals surface area contributed by atoms with E-state index in [1.54, 1.807) is 0 Å². The molecule has 1 atom stereocenters. The van der Waals surface area contributed by atoms with Crippen molar-refractivity contribution in [3.63, 3.8) is 0 Å². The number of benzene rings is 7.